The van der Waals surface area contributed by atoms with Gasteiger partial charge in [-0.05, 0) is 11.6 Å². The minimum Gasteiger partial charge on any atom is -0.340 e. The van der Waals surface area contributed by atoms with Gasteiger partial charge in [-0.2, -0.15) is 4.98 Å². The number of hydrogen-bond acceptors (Lipinski definition) is 6. The molecule has 102 valence electrons. The molecule has 0 radical (unpaired) electrons. The topological polar surface area (TPSA) is 111 Å². The van der Waals surface area contributed by atoms with Crippen LogP contribution in [0.2, 0.25) is 0 Å². The molecule has 0 unspecified atom stereocenters. The van der Waals surface area contributed by atoms with Crippen molar-refractivity contribution in [2.75, 3.05) is 0 Å². The molecule has 1 aromatic carbocycles. The normalized spacial score (nSPS) is 11.7. The molecule has 0 atom stereocenters. The first-order chi connectivity index (χ1) is 9.03. The molecule has 0 saturated heterocycles. The Morgan fingerprint density at radius 1 is 1.37 bits per heavy atom. The van der Waals surface area contributed by atoms with E-state index < -0.39 is 10.0 Å². The molecule has 0 saturated carbocycles. The monoisotopic (exact) mass is 282 g/mol. The second-order valence-corrected chi connectivity index (χ2v) is 5.60. The minimum atomic E-state index is -3.64. The number of aromatic nitrogens is 2. The molecule has 2 rings (SSSR count). The Kier molecular flexibility index (Phi) is 3.93. The average molecular weight is 282 g/mol. The average Bonchev–Trinajstić information content (AvgIpc) is 2.82. The fourth-order valence-electron chi connectivity index (χ4n) is 1.59. The number of nitrogens with two attached hydrogens (primary N) is 1. The van der Waals surface area contributed by atoms with Gasteiger partial charge in [0.15, 0.2) is 5.82 Å². The van der Waals surface area contributed by atoms with Crippen LogP contribution in [0.25, 0.3) is 0 Å². The van der Waals surface area contributed by atoms with Gasteiger partial charge in [-0.15, -0.1) is 0 Å². The first-order valence-electron chi connectivity index (χ1n) is 5.60. The lowest BCUT2D eigenvalue weighted by molar-refractivity contribution is 0.387. The van der Waals surface area contributed by atoms with Crippen molar-refractivity contribution in [3.63, 3.8) is 0 Å². The number of hydrogen-bond donors (Lipinski definition) is 2. The first kappa shape index (κ1) is 13.7. The Balaban J connectivity index is 2.18. The molecule has 0 aliphatic rings. The molecule has 0 fully saturated rings. The third-order valence-electron chi connectivity index (χ3n) is 2.47. The molecule has 0 aliphatic carbocycles. The highest BCUT2D eigenvalue weighted by Crippen LogP contribution is 2.14. The number of sulfonamides is 1. The summed E-state index contributed by atoms with van der Waals surface area (Å²) in [5.74, 6) is 0.669. The van der Waals surface area contributed by atoms with Crippen LogP contribution in [0.4, 0.5) is 0 Å². The van der Waals surface area contributed by atoms with Gasteiger partial charge in [-0.1, -0.05) is 23.4 Å². The van der Waals surface area contributed by atoms with Crippen molar-refractivity contribution >= 4 is 10.0 Å². The maximum absolute atomic E-state index is 12.1. The zero-order valence-corrected chi connectivity index (χ0v) is 11.1. The summed E-state index contributed by atoms with van der Waals surface area (Å²) >= 11 is 0. The van der Waals surface area contributed by atoms with Crippen LogP contribution in [-0.2, 0) is 23.1 Å². The molecule has 8 heteroatoms. The Morgan fingerprint density at radius 2 is 2.11 bits per heavy atom. The molecule has 19 heavy (non-hydrogen) atoms. The van der Waals surface area contributed by atoms with E-state index in [4.69, 9.17) is 10.3 Å². The van der Waals surface area contributed by atoms with Crippen LogP contribution in [0.1, 0.15) is 17.3 Å². The van der Waals surface area contributed by atoms with E-state index in [0.29, 0.717) is 11.5 Å². The molecular formula is C11H14N4O3S. The SMILES string of the molecule is Cc1nc(CNS(=O)(=O)c2ccccc2CN)no1. The van der Waals surface area contributed by atoms with E-state index in [0.717, 1.165) is 0 Å². The van der Waals surface area contributed by atoms with Gasteiger partial charge >= 0.3 is 0 Å². The van der Waals surface area contributed by atoms with Crippen LogP contribution in [0, 0.1) is 6.92 Å². The van der Waals surface area contributed by atoms with Gasteiger partial charge < -0.3 is 10.3 Å². The van der Waals surface area contributed by atoms with Gasteiger partial charge in [0.1, 0.15) is 0 Å². The quantitative estimate of drug-likeness (QED) is 0.816. The molecule has 0 aliphatic heterocycles. The second-order valence-electron chi connectivity index (χ2n) is 3.87. The molecule has 1 heterocycles. The van der Waals surface area contributed by atoms with Gasteiger partial charge in [0.05, 0.1) is 11.4 Å². The molecule has 7 nitrogen and oxygen atoms in total. The molecule has 0 spiro atoms. The van der Waals surface area contributed by atoms with Crippen LogP contribution < -0.4 is 10.5 Å². The smallest absolute Gasteiger partial charge is 0.241 e. The van der Waals surface area contributed by atoms with E-state index in [1.165, 1.54) is 6.07 Å². The van der Waals surface area contributed by atoms with E-state index in [9.17, 15) is 8.42 Å². The summed E-state index contributed by atoms with van der Waals surface area (Å²) < 4.78 is 31.5. The summed E-state index contributed by atoms with van der Waals surface area (Å²) in [4.78, 5) is 4.09. The van der Waals surface area contributed by atoms with E-state index in [1.807, 2.05) is 0 Å². The lowest BCUT2D eigenvalue weighted by atomic mass is 10.2. The number of aryl methyl sites for hydroxylation is 1. The van der Waals surface area contributed by atoms with Crippen molar-refractivity contribution in [2.45, 2.75) is 24.9 Å². The maximum atomic E-state index is 12.1. The van der Waals surface area contributed by atoms with Gasteiger partial charge in [0.25, 0.3) is 0 Å². The predicted molar refractivity (Wildman–Crippen MR) is 67.4 cm³/mol. The van der Waals surface area contributed by atoms with E-state index in [2.05, 4.69) is 14.9 Å². The second kappa shape index (κ2) is 5.47. The summed E-state index contributed by atoms with van der Waals surface area (Å²) in [6.07, 6.45) is 0. The fraction of sp³-hybridized carbons (Fsp3) is 0.273. The van der Waals surface area contributed by atoms with Crippen molar-refractivity contribution in [1.82, 2.24) is 14.9 Å². The van der Waals surface area contributed by atoms with E-state index >= 15 is 0 Å². The van der Waals surface area contributed by atoms with Crippen LogP contribution in [0.3, 0.4) is 0 Å². The highest BCUT2D eigenvalue weighted by atomic mass is 32.2. The molecule has 1 aromatic heterocycles. The van der Waals surface area contributed by atoms with Crippen LogP contribution in [-0.4, -0.2) is 18.6 Å². The molecule has 0 bridgehead atoms. The zero-order chi connectivity index (χ0) is 13.9. The predicted octanol–water partition coefficient (Wildman–Crippen LogP) is 0.315. The van der Waals surface area contributed by atoms with E-state index in [1.54, 1.807) is 25.1 Å². The van der Waals surface area contributed by atoms with Crippen molar-refractivity contribution in [3.8, 4) is 0 Å². The summed E-state index contributed by atoms with van der Waals surface area (Å²) in [6.45, 7) is 1.76. The summed E-state index contributed by atoms with van der Waals surface area (Å²) in [5.41, 5.74) is 6.08. The standard InChI is InChI=1S/C11H14N4O3S/c1-8-14-11(15-18-8)7-13-19(16,17)10-5-3-2-4-9(10)6-12/h2-5,13H,6-7,12H2,1H3. The van der Waals surface area contributed by atoms with Crippen molar-refractivity contribution < 1.29 is 12.9 Å². The largest absolute Gasteiger partial charge is 0.340 e. The van der Waals surface area contributed by atoms with Crippen LogP contribution >= 0.6 is 0 Å². The molecule has 0 amide bonds. The number of rotatable bonds is 5. The van der Waals surface area contributed by atoms with Crippen molar-refractivity contribution in [1.29, 1.82) is 0 Å². The lowest BCUT2D eigenvalue weighted by Gasteiger charge is -2.08. The lowest BCUT2D eigenvalue weighted by Crippen LogP contribution is -2.25. The molecule has 3 N–H and O–H groups in total. The van der Waals surface area contributed by atoms with Crippen LogP contribution in [0.15, 0.2) is 33.7 Å². The first-order valence-corrected chi connectivity index (χ1v) is 7.08. The maximum Gasteiger partial charge on any atom is 0.241 e. The fourth-order valence-corrected chi connectivity index (χ4v) is 2.81. The number of nitrogens with zero attached hydrogens (tertiary/aromatic N) is 2. The summed E-state index contributed by atoms with van der Waals surface area (Å²) in [7, 11) is -3.64. The van der Waals surface area contributed by atoms with Crippen molar-refractivity contribution in [2.24, 2.45) is 5.73 Å². The van der Waals surface area contributed by atoms with Gasteiger partial charge in [0.2, 0.25) is 15.9 Å². The van der Waals surface area contributed by atoms with Gasteiger partial charge in [0, 0.05) is 13.5 Å². The van der Waals surface area contributed by atoms with Crippen molar-refractivity contribution in [3.05, 3.63) is 41.5 Å². The Labute approximate surface area is 110 Å². The highest BCUT2D eigenvalue weighted by Gasteiger charge is 2.18. The zero-order valence-electron chi connectivity index (χ0n) is 10.3. The third-order valence-corrected chi connectivity index (χ3v) is 3.97. The summed E-state index contributed by atoms with van der Waals surface area (Å²) in [5, 5.41) is 3.62. The van der Waals surface area contributed by atoms with Gasteiger partial charge in [-0.25, -0.2) is 13.1 Å². The van der Waals surface area contributed by atoms with E-state index in [-0.39, 0.29) is 23.8 Å². The molecular weight excluding hydrogens is 268 g/mol. The number of nitrogens with one attached hydrogen (secondary N) is 1. The number of benzene rings is 1. The third kappa shape index (κ3) is 3.16. The summed E-state index contributed by atoms with van der Waals surface area (Å²) in [6, 6.07) is 6.56. The Bertz CT molecular complexity index is 666. The highest BCUT2D eigenvalue weighted by molar-refractivity contribution is 7.89. The molecule has 2 aromatic rings. The van der Waals surface area contributed by atoms with Gasteiger partial charge in [-0.3, -0.25) is 0 Å². The van der Waals surface area contributed by atoms with Crippen LogP contribution in [0.5, 0.6) is 0 Å². The Morgan fingerprint density at radius 3 is 2.74 bits per heavy atom. The minimum absolute atomic E-state index is 0.0292. The Hall–Kier alpha value is -1.77.